The number of hydrogen-bond acceptors (Lipinski definition) is 8. The first-order valence-electron chi connectivity index (χ1n) is 11.7. The quantitative estimate of drug-likeness (QED) is 0.394. The maximum Gasteiger partial charge on any atom is 0.338 e. The molecule has 0 spiro atoms. The molecule has 2 aliphatic heterocycles. The number of amidine groups is 1. The highest BCUT2D eigenvalue weighted by molar-refractivity contribution is 8.13. The monoisotopic (exact) mass is 510 g/mol. The first-order chi connectivity index (χ1) is 17.5. The van der Waals surface area contributed by atoms with Gasteiger partial charge in [0.1, 0.15) is 12.4 Å². The summed E-state index contributed by atoms with van der Waals surface area (Å²) in [7, 11) is 3.15. The molecule has 1 atom stereocenters. The van der Waals surface area contributed by atoms with Crippen molar-refractivity contribution in [1.29, 1.82) is 0 Å². The Kier molecular flexibility index (Phi) is 8.50. The summed E-state index contributed by atoms with van der Waals surface area (Å²) in [6, 6.07) is 13.9. The number of urea groups is 1. The molecule has 2 aromatic carbocycles. The molecule has 1 fully saturated rings. The molecular formula is C26H30N4O5S. The molecular weight excluding hydrogens is 480 g/mol. The van der Waals surface area contributed by atoms with Gasteiger partial charge in [-0.3, -0.25) is 0 Å². The van der Waals surface area contributed by atoms with Crippen LogP contribution in [-0.4, -0.2) is 61.8 Å². The molecule has 2 amide bonds. The fraction of sp³-hybridized carbons (Fsp3) is 0.346. The summed E-state index contributed by atoms with van der Waals surface area (Å²) < 4.78 is 15.7. The standard InChI is InChI=1S/C26H30N4O5S/c1-17-22(24(31)35-14-13-33-2)23(30-12-5-15-36-26(30)27-17)18-6-4-7-20(16-18)29-25(32)28-19-8-10-21(34-3)11-9-19/h4,6-11,16,23H,5,12-15H2,1-3H3,(H2,28,29,32). The highest BCUT2D eigenvalue weighted by Crippen LogP contribution is 2.40. The fourth-order valence-corrected chi connectivity index (χ4v) is 5.15. The van der Waals surface area contributed by atoms with Gasteiger partial charge in [-0.15, -0.1) is 0 Å². The van der Waals surface area contributed by atoms with E-state index in [1.165, 1.54) is 0 Å². The highest BCUT2D eigenvalue weighted by Gasteiger charge is 2.38. The summed E-state index contributed by atoms with van der Waals surface area (Å²) in [5.74, 6) is 1.28. The minimum absolute atomic E-state index is 0.164. The lowest BCUT2D eigenvalue weighted by atomic mass is 9.94. The van der Waals surface area contributed by atoms with E-state index in [-0.39, 0.29) is 18.7 Å². The molecule has 0 saturated carbocycles. The lowest BCUT2D eigenvalue weighted by Crippen LogP contribution is -2.42. The average Bonchev–Trinajstić information content (AvgIpc) is 2.88. The maximum absolute atomic E-state index is 13.1. The third-order valence-corrected chi connectivity index (χ3v) is 6.88. The topological polar surface area (TPSA) is 101 Å². The van der Waals surface area contributed by atoms with Crippen molar-refractivity contribution < 1.29 is 23.8 Å². The van der Waals surface area contributed by atoms with Crippen LogP contribution in [0.2, 0.25) is 0 Å². The highest BCUT2D eigenvalue weighted by atomic mass is 32.2. The molecule has 2 aromatic rings. The van der Waals surface area contributed by atoms with E-state index in [1.807, 2.05) is 31.2 Å². The average molecular weight is 511 g/mol. The summed E-state index contributed by atoms with van der Waals surface area (Å²) in [6.07, 6.45) is 0.980. The number of allylic oxidation sites excluding steroid dienone is 1. The van der Waals surface area contributed by atoms with Gasteiger partial charge >= 0.3 is 12.0 Å². The first-order valence-corrected chi connectivity index (χ1v) is 12.7. The van der Waals surface area contributed by atoms with Crippen molar-refractivity contribution in [2.24, 2.45) is 4.99 Å². The van der Waals surface area contributed by atoms with Crippen molar-refractivity contribution in [2.45, 2.75) is 19.4 Å². The Morgan fingerprint density at radius 2 is 1.86 bits per heavy atom. The Bertz CT molecular complexity index is 1170. The summed E-state index contributed by atoms with van der Waals surface area (Å²) >= 11 is 1.68. The number of carbonyl (C=O) groups excluding carboxylic acids is 2. The number of rotatable bonds is 8. The number of carbonyl (C=O) groups is 2. The molecule has 1 saturated heterocycles. The van der Waals surface area contributed by atoms with Crippen LogP contribution < -0.4 is 15.4 Å². The molecule has 36 heavy (non-hydrogen) atoms. The van der Waals surface area contributed by atoms with E-state index in [0.29, 0.717) is 35.0 Å². The largest absolute Gasteiger partial charge is 0.497 e. The molecule has 9 nitrogen and oxygen atoms in total. The molecule has 2 aliphatic rings. The molecule has 4 rings (SSSR count). The first kappa shape index (κ1) is 25.6. The second-order valence-electron chi connectivity index (χ2n) is 8.25. The Balaban J connectivity index is 1.57. The number of thioether (sulfide) groups is 1. The Labute approximate surface area is 214 Å². The second kappa shape index (κ2) is 12.0. The predicted octanol–water partition coefficient (Wildman–Crippen LogP) is 4.65. The van der Waals surface area contributed by atoms with E-state index < -0.39 is 5.97 Å². The van der Waals surface area contributed by atoms with Crippen LogP contribution in [0.5, 0.6) is 5.75 Å². The van der Waals surface area contributed by atoms with E-state index in [2.05, 4.69) is 15.5 Å². The number of anilines is 2. The van der Waals surface area contributed by atoms with Crippen LogP contribution in [0.3, 0.4) is 0 Å². The van der Waals surface area contributed by atoms with Gasteiger partial charge in [0.15, 0.2) is 5.17 Å². The number of hydrogen-bond donors (Lipinski definition) is 2. The number of nitrogens with zero attached hydrogens (tertiary/aromatic N) is 2. The van der Waals surface area contributed by atoms with Crippen molar-refractivity contribution in [3.05, 3.63) is 65.4 Å². The summed E-state index contributed by atoms with van der Waals surface area (Å²) in [5.41, 5.74) is 3.25. The van der Waals surface area contributed by atoms with Crippen LogP contribution in [0.15, 0.2) is 64.8 Å². The van der Waals surface area contributed by atoms with Crippen LogP contribution in [0, 0.1) is 0 Å². The minimum atomic E-state index is -0.413. The van der Waals surface area contributed by atoms with Crippen LogP contribution in [0.4, 0.5) is 16.2 Å². The number of fused-ring (bicyclic) bond motifs is 1. The number of methoxy groups -OCH3 is 2. The number of nitrogens with one attached hydrogen (secondary N) is 2. The number of amides is 2. The number of esters is 1. The van der Waals surface area contributed by atoms with E-state index in [4.69, 9.17) is 19.2 Å². The van der Waals surface area contributed by atoms with Gasteiger partial charge in [-0.25, -0.2) is 14.6 Å². The van der Waals surface area contributed by atoms with Crippen LogP contribution in [0.25, 0.3) is 0 Å². The van der Waals surface area contributed by atoms with Gasteiger partial charge in [-0.2, -0.15) is 0 Å². The lowest BCUT2D eigenvalue weighted by Gasteiger charge is -2.40. The molecule has 0 bridgehead atoms. The molecule has 0 radical (unpaired) electrons. The Morgan fingerprint density at radius 1 is 1.08 bits per heavy atom. The fourth-order valence-electron chi connectivity index (χ4n) is 4.13. The zero-order chi connectivity index (χ0) is 25.5. The van der Waals surface area contributed by atoms with E-state index in [0.717, 1.165) is 29.4 Å². The number of ether oxygens (including phenoxy) is 3. The van der Waals surface area contributed by atoms with Crippen LogP contribution >= 0.6 is 11.8 Å². The minimum Gasteiger partial charge on any atom is -0.497 e. The molecule has 190 valence electrons. The van der Waals surface area contributed by atoms with Crippen molar-refractivity contribution in [2.75, 3.05) is 50.4 Å². The maximum atomic E-state index is 13.1. The summed E-state index contributed by atoms with van der Waals surface area (Å²) in [6.45, 7) is 3.09. The van der Waals surface area contributed by atoms with E-state index >= 15 is 0 Å². The van der Waals surface area contributed by atoms with Gasteiger partial charge < -0.3 is 29.7 Å². The number of benzene rings is 2. The summed E-state index contributed by atoms with van der Waals surface area (Å²) in [4.78, 5) is 32.6. The van der Waals surface area contributed by atoms with Gasteiger partial charge in [0.05, 0.1) is 31.0 Å². The van der Waals surface area contributed by atoms with Crippen LogP contribution in [0.1, 0.15) is 24.9 Å². The lowest BCUT2D eigenvalue weighted by molar-refractivity contribution is -0.141. The van der Waals surface area contributed by atoms with Gasteiger partial charge in [0.2, 0.25) is 0 Å². The zero-order valence-electron chi connectivity index (χ0n) is 20.6. The van der Waals surface area contributed by atoms with Gasteiger partial charge in [0.25, 0.3) is 0 Å². The third-order valence-electron chi connectivity index (χ3n) is 5.81. The van der Waals surface area contributed by atoms with Crippen molar-refractivity contribution in [1.82, 2.24) is 4.90 Å². The molecule has 2 N–H and O–H groups in total. The Hall–Kier alpha value is -3.50. The molecule has 0 aromatic heterocycles. The Morgan fingerprint density at radius 3 is 2.61 bits per heavy atom. The smallest absolute Gasteiger partial charge is 0.338 e. The van der Waals surface area contributed by atoms with Crippen molar-refractivity contribution in [3.63, 3.8) is 0 Å². The van der Waals surface area contributed by atoms with Crippen molar-refractivity contribution in [3.8, 4) is 5.75 Å². The SMILES string of the molecule is COCCOC(=O)C1=C(C)N=C2SCCCN2C1c1cccc(NC(=O)Nc2ccc(OC)cc2)c1. The predicted molar refractivity (Wildman–Crippen MR) is 142 cm³/mol. The number of aliphatic imine (C=N–C) groups is 1. The van der Waals surface area contributed by atoms with Crippen molar-refractivity contribution >= 4 is 40.3 Å². The van der Waals surface area contributed by atoms with E-state index in [1.54, 1.807) is 50.2 Å². The van der Waals surface area contributed by atoms with Gasteiger partial charge in [-0.1, -0.05) is 23.9 Å². The van der Waals surface area contributed by atoms with Crippen LogP contribution in [-0.2, 0) is 14.3 Å². The van der Waals surface area contributed by atoms with Gasteiger partial charge in [-0.05, 0) is 55.3 Å². The third kappa shape index (κ3) is 6.00. The van der Waals surface area contributed by atoms with Gasteiger partial charge in [0, 0.05) is 30.8 Å². The normalized spacial score (nSPS) is 17.1. The zero-order valence-corrected chi connectivity index (χ0v) is 21.4. The molecule has 1 unspecified atom stereocenters. The van der Waals surface area contributed by atoms with E-state index in [9.17, 15) is 9.59 Å². The second-order valence-corrected chi connectivity index (χ2v) is 9.32. The molecule has 10 heteroatoms. The molecule has 2 heterocycles. The molecule has 0 aliphatic carbocycles. The summed E-state index contributed by atoms with van der Waals surface area (Å²) in [5, 5.41) is 6.59.